The second kappa shape index (κ2) is 12.2. The minimum Gasteiger partial charge on any atom is -0.355 e. The van der Waals surface area contributed by atoms with Gasteiger partial charge in [-0.2, -0.15) is 11.8 Å². The summed E-state index contributed by atoms with van der Waals surface area (Å²) in [5, 5.41) is 5.04. The van der Waals surface area contributed by atoms with Crippen molar-refractivity contribution in [2.24, 2.45) is 5.92 Å². The van der Waals surface area contributed by atoms with E-state index in [0.29, 0.717) is 43.0 Å². The summed E-state index contributed by atoms with van der Waals surface area (Å²) in [4.78, 5) is 45.9. The Morgan fingerprint density at radius 3 is 2.82 bits per heavy atom. The summed E-state index contributed by atoms with van der Waals surface area (Å²) in [7, 11) is 0. The van der Waals surface area contributed by atoms with Crippen LogP contribution in [0.4, 0.5) is 0 Å². The number of nitrogens with one attached hydrogen (secondary N) is 2. The van der Waals surface area contributed by atoms with E-state index in [1.165, 1.54) is 4.88 Å². The molecule has 0 aliphatic heterocycles. The average molecular weight is 492 g/mol. The molecular weight excluding hydrogens is 458 g/mol. The Hall–Kier alpha value is -2.33. The van der Waals surface area contributed by atoms with Gasteiger partial charge in [0.15, 0.2) is 11.2 Å². The number of aromatic nitrogens is 4. The molecule has 3 heterocycles. The van der Waals surface area contributed by atoms with Crippen LogP contribution in [0.3, 0.4) is 0 Å². The van der Waals surface area contributed by atoms with Crippen LogP contribution >= 0.6 is 23.1 Å². The molecule has 33 heavy (non-hydrogen) atoms. The maximum atomic E-state index is 12.7. The molecule has 0 aliphatic rings. The number of fused-ring (bicyclic) bond motifs is 1. The Balaban J connectivity index is 1.68. The number of hydrogen-bond acceptors (Lipinski definition) is 6. The van der Waals surface area contributed by atoms with Gasteiger partial charge in [0.05, 0.1) is 0 Å². The molecule has 0 spiro atoms. The van der Waals surface area contributed by atoms with Gasteiger partial charge >= 0.3 is 5.69 Å². The summed E-state index contributed by atoms with van der Waals surface area (Å²) < 4.78 is 3.43. The van der Waals surface area contributed by atoms with Crippen molar-refractivity contribution in [2.45, 2.75) is 65.3 Å². The number of carbonyl (C=O) groups excluding carboxylic acids is 1. The van der Waals surface area contributed by atoms with Crippen molar-refractivity contribution in [1.82, 2.24) is 24.4 Å². The minimum absolute atomic E-state index is 0.0350. The molecule has 8 nitrogen and oxygen atoms in total. The predicted octanol–water partition coefficient (Wildman–Crippen LogP) is 3.39. The molecule has 0 unspecified atom stereocenters. The summed E-state index contributed by atoms with van der Waals surface area (Å²) in [5.74, 6) is 2.73. The minimum atomic E-state index is -0.431. The van der Waals surface area contributed by atoms with E-state index in [-0.39, 0.29) is 18.2 Å². The topological polar surface area (TPSA) is 102 Å². The average Bonchev–Trinajstić information content (AvgIpc) is 3.40. The van der Waals surface area contributed by atoms with Gasteiger partial charge in [0.1, 0.15) is 5.82 Å². The summed E-state index contributed by atoms with van der Waals surface area (Å²) in [6.45, 7) is 7.91. The third-order valence-corrected chi connectivity index (χ3v) is 7.28. The number of aryl methyl sites for hydroxylation is 2. The third-order valence-electron chi connectivity index (χ3n) is 5.22. The van der Waals surface area contributed by atoms with E-state index in [1.54, 1.807) is 27.7 Å². The number of thiophene rings is 1. The molecule has 3 aromatic heterocycles. The Labute approximate surface area is 201 Å². The number of carbonyl (C=O) groups is 1. The smallest absolute Gasteiger partial charge is 0.330 e. The summed E-state index contributed by atoms with van der Waals surface area (Å²) in [5.41, 5.74) is -0.0214. The number of nitrogens with zero attached hydrogens (tertiary/aromatic N) is 3. The van der Waals surface area contributed by atoms with Gasteiger partial charge in [-0.1, -0.05) is 33.3 Å². The molecule has 0 bridgehead atoms. The molecule has 180 valence electrons. The van der Waals surface area contributed by atoms with Gasteiger partial charge < -0.3 is 9.88 Å². The van der Waals surface area contributed by atoms with Crippen LogP contribution in [0.25, 0.3) is 11.2 Å². The Bertz CT molecular complexity index is 1160. The van der Waals surface area contributed by atoms with Crippen LogP contribution in [0.15, 0.2) is 27.1 Å². The lowest BCUT2D eigenvalue weighted by molar-refractivity contribution is -0.120. The first-order valence-electron chi connectivity index (χ1n) is 11.5. The highest BCUT2D eigenvalue weighted by molar-refractivity contribution is 7.98. The quantitative estimate of drug-likeness (QED) is 0.357. The third kappa shape index (κ3) is 6.83. The summed E-state index contributed by atoms with van der Waals surface area (Å²) in [6, 6.07) is 4.16. The van der Waals surface area contributed by atoms with Gasteiger partial charge in [-0.15, -0.1) is 11.3 Å². The zero-order chi connectivity index (χ0) is 23.8. The van der Waals surface area contributed by atoms with Crippen molar-refractivity contribution in [3.8, 4) is 0 Å². The van der Waals surface area contributed by atoms with Crippen LogP contribution in [0.1, 0.15) is 50.7 Å². The van der Waals surface area contributed by atoms with Gasteiger partial charge in [-0.05, 0) is 23.8 Å². The largest absolute Gasteiger partial charge is 0.355 e. The molecule has 3 rings (SSSR count). The first kappa shape index (κ1) is 25.3. The van der Waals surface area contributed by atoms with Crippen molar-refractivity contribution in [2.75, 3.05) is 12.3 Å². The Kier molecular flexibility index (Phi) is 9.37. The normalized spacial score (nSPS) is 11.5. The predicted molar refractivity (Wildman–Crippen MR) is 136 cm³/mol. The van der Waals surface area contributed by atoms with Gasteiger partial charge in [-0.25, -0.2) is 9.78 Å². The molecule has 0 aliphatic carbocycles. The van der Waals surface area contributed by atoms with Gasteiger partial charge in [0.25, 0.3) is 5.56 Å². The number of rotatable bonds is 13. The molecule has 0 radical (unpaired) electrons. The van der Waals surface area contributed by atoms with Crippen molar-refractivity contribution < 1.29 is 4.79 Å². The Morgan fingerprint density at radius 2 is 2.12 bits per heavy atom. The Morgan fingerprint density at radius 1 is 1.30 bits per heavy atom. The molecule has 2 N–H and O–H groups in total. The maximum Gasteiger partial charge on any atom is 0.330 e. The lowest BCUT2D eigenvalue weighted by atomic mass is 10.2. The van der Waals surface area contributed by atoms with Crippen LogP contribution in [0, 0.1) is 5.92 Å². The van der Waals surface area contributed by atoms with E-state index >= 15 is 0 Å². The van der Waals surface area contributed by atoms with Crippen molar-refractivity contribution in [1.29, 1.82) is 0 Å². The van der Waals surface area contributed by atoms with Gasteiger partial charge in [0, 0.05) is 48.9 Å². The zero-order valence-electron chi connectivity index (χ0n) is 19.6. The fourth-order valence-electron chi connectivity index (χ4n) is 3.64. The monoisotopic (exact) mass is 491 g/mol. The standard InChI is InChI=1S/C23H33N5O3S2/c1-4-5-11-27-21-20(22(30)26-23(27)31)28(14-16(2)3)18(25-21)8-9-19(29)24-10-13-32-15-17-7-6-12-33-17/h6-7,12,16H,4-5,8-11,13-15H2,1-3H3,(H,24,29)(H,26,30,31). The number of aromatic amines is 1. The fraction of sp³-hybridized carbons (Fsp3) is 0.565. The second-order valence-electron chi connectivity index (χ2n) is 8.45. The molecule has 0 saturated heterocycles. The lowest BCUT2D eigenvalue weighted by Crippen LogP contribution is -2.31. The van der Waals surface area contributed by atoms with Crippen molar-refractivity contribution in [3.63, 3.8) is 0 Å². The number of thioether (sulfide) groups is 1. The molecular formula is C23H33N5O3S2. The first-order chi connectivity index (χ1) is 15.9. The van der Waals surface area contributed by atoms with Crippen LogP contribution < -0.4 is 16.6 Å². The molecule has 3 aromatic rings. The molecule has 0 aromatic carbocycles. The lowest BCUT2D eigenvalue weighted by Gasteiger charge is -2.11. The number of hydrogen-bond donors (Lipinski definition) is 2. The van der Waals surface area contributed by atoms with E-state index < -0.39 is 11.2 Å². The zero-order valence-corrected chi connectivity index (χ0v) is 21.2. The second-order valence-corrected chi connectivity index (χ2v) is 10.6. The molecule has 1 amide bonds. The molecule has 10 heteroatoms. The van der Waals surface area contributed by atoms with Gasteiger partial charge in [0.2, 0.25) is 5.91 Å². The highest BCUT2D eigenvalue weighted by Crippen LogP contribution is 2.17. The maximum absolute atomic E-state index is 12.7. The van der Waals surface area contributed by atoms with E-state index in [2.05, 4.69) is 47.5 Å². The number of imidazole rings is 1. The van der Waals surface area contributed by atoms with Crippen LogP contribution in [0.5, 0.6) is 0 Å². The number of amides is 1. The highest BCUT2D eigenvalue weighted by Gasteiger charge is 2.19. The molecule has 0 fully saturated rings. The van der Waals surface area contributed by atoms with Crippen LogP contribution in [-0.4, -0.2) is 37.3 Å². The highest BCUT2D eigenvalue weighted by atomic mass is 32.2. The van der Waals surface area contributed by atoms with E-state index in [1.807, 2.05) is 10.6 Å². The molecule has 0 saturated carbocycles. The SMILES string of the molecule is CCCCn1c(=O)[nH]c(=O)c2c1nc(CCC(=O)NCCSCc1cccs1)n2CC(C)C. The van der Waals surface area contributed by atoms with Crippen LogP contribution in [-0.2, 0) is 30.1 Å². The van der Waals surface area contributed by atoms with E-state index in [4.69, 9.17) is 0 Å². The van der Waals surface area contributed by atoms with E-state index in [9.17, 15) is 14.4 Å². The van der Waals surface area contributed by atoms with Crippen molar-refractivity contribution >= 4 is 40.2 Å². The first-order valence-corrected chi connectivity index (χ1v) is 13.5. The summed E-state index contributed by atoms with van der Waals surface area (Å²) in [6.07, 6.45) is 2.45. The van der Waals surface area contributed by atoms with E-state index in [0.717, 1.165) is 24.3 Å². The number of H-pyrrole nitrogens is 1. The summed E-state index contributed by atoms with van der Waals surface area (Å²) >= 11 is 3.54. The molecule has 0 atom stereocenters. The van der Waals surface area contributed by atoms with Crippen LogP contribution in [0.2, 0.25) is 0 Å². The number of unbranched alkanes of at least 4 members (excludes halogenated alkanes) is 1. The fourth-order valence-corrected chi connectivity index (χ4v) is 5.34. The van der Waals surface area contributed by atoms with Gasteiger partial charge in [-0.3, -0.25) is 19.1 Å². The van der Waals surface area contributed by atoms with Crippen molar-refractivity contribution in [3.05, 3.63) is 49.1 Å².